The minimum absolute atomic E-state index is 0.000428. The van der Waals surface area contributed by atoms with Crippen molar-refractivity contribution in [1.82, 2.24) is 4.90 Å². The zero-order chi connectivity index (χ0) is 24.0. The average molecular weight is 471 g/mol. The minimum Gasteiger partial charge on any atom is -0.489 e. The number of amides is 1. The van der Waals surface area contributed by atoms with Crippen LogP contribution in [0.3, 0.4) is 0 Å². The fourth-order valence-corrected chi connectivity index (χ4v) is 4.38. The number of sulfone groups is 1. The molecular weight excluding hydrogens is 435 g/mol. The third-order valence-corrected chi connectivity index (χ3v) is 7.08. The molecule has 1 heterocycles. The zero-order valence-electron chi connectivity index (χ0n) is 19.4. The monoisotopic (exact) mass is 470 g/mol. The van der Waals surface area contributed by atoms with E-state index in [0.717, 1.165) is 12.8 Å². The average Bonchev–Trinajstić information content (AvgIpc) is 2.74. The van der Waals surface area contributed by atoms with E-state index < -0.39 is 21.2 Å². The number of ether oxygens (including phenoxy) is 2. The largest absolute Gasteiger partial charge is 0.489 e. The van der Waals surface area contributed by atoms with Gasteiger partial charge in [-0.05, 0) is 42.5 Å². The molecular formula is C23H35FN2O5S. The Hall–Kier alpha value is -1.97. The molecule has 1 amide bonds. The summed E-state index contributed by atoms with van der Waals surface area (Å²) in [6, 6.07) is 5.91. The highest BCUT2D eigenvalue weighted by Crippen LogP contribution is 2.33. The summed E-state index contributed by atoms with van der Waals surface area (Å²) in [7, 11) is -3.62. The summed E-state index contributed by atoms with van der Waals surface area (Å²) in [6.07, 6.45) is 1.93. The molecule has 0 saturated carbocycles. The van der Waals surface area contributed by atoms with Gasteiger partial charge < -0.3 is 20.1 Å². The minimum atomic E-state index is -3.62. The Morgan fingerprint density at radius 1 is 1.22 bits per heavy atom. The molecule has 0 atom stereocenters. The number of nitrogens with zero attached hydrogens (tertiary/aromatic N) is 1. The third-order valence-electron chi connectivity index (χ3n) is 5.61. The molecule has 32 heavy (non-hydrogen) atoms. The lowest BCUT2D eigenvalue weighted by Crippen LogP contribution is -2.47. The van der Waals surface area contributed by atoms with Gasteiger partial charge in [0, 0.05) is 30.6 Å². The third kappa shape index (κ3) is 7.28. The molecule has 1 aliphatic rings. The van der Waals surface area contributed by atoms with Crippen LogP contribution in [-0.4, -0.2) is 58.0 Å². The molecule has 1 aromatic rings. The second-order valence-corrected chi connectivity index (χ2v) is 11.6. The Kier molecular flexibility index (Phi) is 8.84. The topological polar surface area (TPSA) is 98.9 Å². The molecule has 1 aromatic carbocycles. The molecule has 2 rings (SSSR count). The lowest BCUT2D eigenvalue weighted by Gasteiger charge is -2.41. The van der Waals surface area contributed by atoms with E-state index in [-0.39, 0.29) is 29.4 Å². The summed E-state index contributed by atoms with van der Waals surface area (Å²) in [5.41, 5.74) is 5.10. The Bertz CT molecular complexity index is 899. The number of halogens is 1. The number of piperidine rings is 1. The van der Waals surface area contributed by atoms with Crippen LogP contribution in [0.1, 0.15) is 40.5 Å². The van der Waals surface area contributed by atoms with Gasteiger partial charge in [-0.15, -0.1) is 0 Å². The summed E-state index contributed by atoms with van der Waals surface area (Å²) in [5, 5.41) is 0. The SMILES string of the molecule is CC1(COCS(=O)(=O)c2ccc(OC/C(=C/F)CN)cc2)CCN(C(=O)C(C)(C)C)CC1. The van der Waals surface area contributed by atoms with Crippen LogP contribution < -0.4 is 10.5 Å². The second kappa shape index (κ2) is 10.8. The van der Waals surface area contributed by atoms with Gasteiger partial charge >= 0.3 is 0 Å². The van der Waals surface area contributed by atoms with Gasteiger partial charge in [0.05, 0.1) is 17.8 Å². The Morgan fingerprint density at radius 3 is 2.31 bits per heavy atom. The highest BCUT2D eigenvalue weighted by molar-refractivity contribution is 7.91. The van der Waals surface area contributed by atoms with Gasteiger partial charge in [-0.1, -0.05) is 27.7 Å². The first-order chi connectivity index (χ1) is 14.9. The molecule has 1 fully saturated rings. The Balaban J connectivity index is 1.85. The number of rotatable bonds is 9. The van der Waals surface area contributed by atoms with E-state index in [4.69, 9.17) is 15.2 Å². The van der Waals surface area contributed by atoms with Crippen LogP contribution in [0.15, 0.2) is 41.1 Å². The maximum absolute atomic E-state index is 12.6. The first-order valence-corrected chi connectivity index (χ1v) is 12.4. The van der Waals surface area contributed by atoms with Gasteiger partial charge in [0.2, 0.25) is 15.7 Å². The van der Waals surface area contributed by atoms with E-state index in [0.29, 0.717) is 37.3 Å². The van der Waals surface area contributed by atoms with Crippen molar-refractivity contribution < 1.29 is 27.1 Å². The highest BCUT2D eigenvalue weighted by atomic mass is 32.2. The molecule has 1 saturated heterocycles. The van der Waals surface area contributed by atoms with Crippen LogP contribution in [0.25, 0.3) is 0 Å². The molecule has 0 bridgehead atoms. The zero-order valence-corrected chi connectivity index (χ0v) is 20.2. The fourth-order valence-electron chi connectivity index (χ4n) is 3.39. The van der Waals surface area contributed by atoms with Crippen molar-refractivity contribution in [1.29, 1.82) is 0 Å². The van der Waals surface area contributed by atoms with E-state index in [1.807, 2.05) is 25.7 Å². The van der Waals surface area contributed by atoms with Gasteiger partial charge in [-0.3, -0.25) is 4.79 Å². The fraction of sp³-hybridized carbons (Fsp3) is 0.609. The van der Waals surface area contributed by atoms with Crippen molar-refractivity contribution in [2.75, 3.05) is 38.8 Å². The van der Waals surface area contributed by atoms with Gasteiger partial charge in [0.15, 0.2) is 5.94 Å². The van der Waals surface area contributed by atoms with Crippen molar-refractivity contribution >= 4 is 15.7 Å². The molecule has 0 aliphatic carbocycles. The van der Waals surface area contributed by atoms with Gasteiger partial charge in [0.1, 0.15) is 12.4 Å². The molecule has 0 spiro atoms. The van der Waals surface area contributed by atoms with Gasteiger partial charge in [0.25, 0.3) is 0 Å². The van der Waals surface area contributed by atoms with Crippen molar-refractivity contribution in [2.45, 2.75) is 45.4 Å². The summed E-state index contributed by atoms with van der Waals surface area (Å²) in [5.74, 6) is 0.132. The number of hydrogen-bond donors (Lipinski definition) is 1. The molecule has 0 aromatic heterocycles. The van der Waals surface area contributed by atoms with E-state index in [9.17, 15) is 17.6 Å². The molecule has 0 radical (unpaired) electrons. The number of nitrogens with two attached hydrogens (primary N) is 1. The molecule has 2 N–H and O–H groups in total. The Labute approximate surface area is 190 Å². The van der Waals surface area contributed by atoms with E-state index in [2.05, 4.69) is 6.92 Å². The smallest absolute Gasteiger partial charge is 0.227 e. The summed E-state index contributed by atoms with van der Waals surface area (Å²) in [6.45, 7) is 9.44. The van der Waals surface area contributed by atoms with Crippen molar-refractivity contribution in [3.63, 3.8) is 0 Å². The summed E-state index contributed by atoms with van der Waals surface area (Å²) >= 11 is 0. The molecule has 7 nitrogen and oxygen atoms in total. The number of likely N-dealkylation sites (tertiary alicyclic amines) is 1. The molecule has 180 valence electrons. The van der Waals surface area contributed by atoms with Crippen molar-refractivity contribution in [3.05, 3.63) is 36.2 Å². The molecule has 9 heteroatoms. The maximum Gasteiger partial charge on any atom is 0.227 e. The molecule has 0 unspecified atom stereocenters. The van der Waals surface area contributed by atoms with Crippen LogP contribution in [0.5, 0.6) is 5.75 Å². The van der Waals surface area contributed by atoms with Crippen LogP contribution in [0, 0.1) is 10.8 Å². The second-order valence-electron chi connectivity index (χ2n) is 9.67. The van der Waals surface area contributed by atoms with Gasteiger partial charge in [-0.2, -0.15) is 0 Å². The number of carbonyl (C=O) groups excluding carboxylic acids is 1. The Morgan fingerprint density at radius 2 is 1.81 bits per heavy atom. The van der Waals surface area contributed by atoms with Gasteiger partial charge in [-0.25, -0.2) is 12.8 Å². The predicted octanol–water partition coefficient (Wildman–Crippen LogP) is 3.30. The lowest BCUT2D eigenvalue weighted by molar-refractivity contribution is -0.142. The van der Waals surface area contributed by atoms with Crippen LogP contribution in [0.4, 0.5) is 4.39 Å². The summed E-state index contributed by atoms with van der Waals surface area (Å²) in [4.78, 5) is 14.4. The standard InChI is InChI=1S/C23H35FN2O5S/c1-22(2,3)21(27)26-11-9-23(4,10-12-26)16-30-17-32(28,29)20-7-5-19(6-8-20)31-15-18(13-24)14-25/h5-8,13H,9-12,14-17,25H2,1-4H3/b18-13+. The number of carbonyl (C=O) groups is 1. The summed E-state index contributed by atoms with van der Waals surface area (Å²) < 4.78 is 48.7. The quantitative estimate of drug-likeness (QED) is 0.595. The highest BCUT2D eigenvalue weighted by Gasteiger charge is 2.35. The van der Waals surface area contributed by atoms with E-state index in [1.165, 1.54) is 24.3 Å². The predicted molar refractivity (Wildman–Crippen MR) is 122 cm³/mol. The van der Waals surface area contributed by atoms with Crippen molar-refractivity contribution in [2.24, 2.45) is 16.6 Å². The lowest BCUT2D eigenvalue weighted by atomic mass is 9.80. The van der Waals surface area contributed by atoms with Crippen LogP contribution in [-0.2, 0) is 19.4 Å². The van der Waals surface area contributed by atoms with Crippen LogP contribution >= 0.6 is 0 Å². The van der Waals surface area contributed by atoms with E-state index >= 15 is 0 Å². The molecule has 1 aliphatic heterocycles. The van der Waals surface area contributed by atoms with Crippen LogP contribution in [0.2, 0.25) is 0 Å². The maximum atomic E-state index is 12.6. The normalized spacial score (nSPS) is 17.3. The number of hydrogen-bond acceptors (Lipinski definition) is 6. The van der Waals surface area contributed by atoms with Crippen molar-refractivity contribution in [3.8, 4) is 5.75 Å². The van der Waals surface area contributed by atoms with E-state index in [1.54, 1.807) is 0 Å². The number of benzene rings is 1. The first kappa shape index (κ1) is 26.3. The first-order valence-electron chi connectivity index (χ1n) is 10.7.